The third-order valence-electron chi connectivity index (χ3n) is 3.79. The van der Waals surface area contributed by atoms with Gasteiger partial charge in [-0.25, -0.2) is 4.98 Å². The number of rotatable bonds is 4. The summed E-state index contributed by atoms with van der Waals surface area (Å²) in [4.78, 5) is 4.45. The van der Waals surface area contributed by atoms with Crippen molar-refractivity contribution in [3.63, 3.8) is 0 Å². The molecule has 0 saturated carbocycles. The van der Waals surface area contributed by atoms with Gasteiger partial charge in [-0.15, -0.1) is 0 Å². The molecule has 1 aromatic rings. The van der Waals surface area contributed by atoms with Gasteiger partial charge in [-0.3, -0.25) is 0 Å². The monoisotopic (exact) mass is 222 g/mol. The van der Waals surface area contributed by atoms with E-state index in [0.717, 1.165) is 19.3 Å². The van der Waals surface area contributed by atoms with Crippen LogP contribution < -0.4 is 0 Å². The molecule has 1 N–H and O–H groups in total. The maximum Gasteiger partial charge on any atom is 0.0952 e. The maximum atomic E-state index is 10.0. The number of aliphatic hydroxyl groups excluding tert-OH is 1. The van der Waals surface area contributed by atoms with Gasteiger partial charge < -0.3 is 9.67 Å². The summed E-state index contributed by atoms with van der Waals surface area (Å²) in [6, 6.07) is 0. The van der Waals surface area contributed by atoms with E-state index >= 15 is 0 Å². The van der Waals surface area contributed by atoms with E-state index in [9.17, 15) is 5.11 Å². The lowest BCUT2D eigenvalue weighted by Gasteiger charge is -2.20. The molecule has 90 valence electrons. The van der Waals surface area contributed by atoms with Crippen molar-refractivity contribution < 1.29 is 5.11 Å². The Labute approximate surface area is 97.5 Å². The molecule has 2 atom stereocenters. The summed E-state index contributed by atoms with van der Waals surface area (Å²) < 4.78 is 2.16. The molecule has 3 heteroatoms. The Bertz CT molecular complexity index is 346. The molecule has 0 amide bonds. The van der Waals surface area contributed by atoms with E-state index < -0.39 is 0 Å². The van der Waals surface area contributed by atoms with E-state index in [1.54, 1.807) is 0 Å². The quantitative estimate of drug-likeness (QED) is 0.848. The predicted octanol–water partition coefficient (Wildman–Crippen LogP) is 2.17. The van der Waals surface area contributed by atoms with Crippen LogP contribution in [-0.2, 0) is 19.4 Å². The van der Waals surface area contributed by atoms with Crippen molar-refractivity contribution in [3.8, 4) is 0 Å². The minimum atomic E-state index is -0.245. The van der Waals surface area contributed by atoms with Gasteiger partial charge in [0.1, 0.15) is 0 Å². The summed E-state index contributed by atoms with van der Waals surface area (Å²) >= 11 is 0. The minimum Gasteiger partial charge on any atom is -0.391 e. The number of hydrogen-bond acceptors (Lipinski definition) is 2. The second-order valence-electron chi connectivity index (χ2n) is 4.95. The van der Waals surface area contributed by atoms with Gasteiger partial charge in [-0.2, -0.15) is 0 Å². The lowest BCUT2D eigenvalue weighted by atomic mass is 9.99. The minimum absolute atomic E-state index is 0.245. The van der Waals surface area contributed by atoms with Gasteiger partial charge in [0.05, 0.1) is 24.7 Å². The number of hydrogen-bond donors (Lipinski definition) is 1. The van der Waals surface area contributed by atoms with E-state index in [2.05, 4.69) is 23.4 Å². The molecule has 0 bridgehead atoms. The zero-order valence-corrected chi connectivity index (χ0v) is 10.3. The molecule has 3 nitrogen and oxygen atoms in total. The summed E-state index contributed by atoms with van der Waals surface area (Å²) in [7, 11) is 0. The third kappa shape index (κ3) is 2.29. The van der Waals surface area contributed by atoms with Crippen LogP contribution in [0.1, 0.15) is 44.5 Å². The van der Waals surface area contributed by atoms with Crippen LogP contribution in [-0.4, -0.2) is 20.8 Å². The van der Waals surface area contributed by atoms with Crippen molar-refractivity contribution in [1.82, 2.24) is 9.55 Å². The van der Waals surface area contributed by atoms with E-state index in [1.807, 2.05) is 6.33 Å². The predicted molar refractivity (Wildman–Crippen MR) is 64.3 cm³/mol. The first-order valence-electron chi connectivity index (χ1n) is 6.43. The molecule has 0 fully saturated rings. The van der Waals surface area contributed by atoms with Crippen LogP contribution in [0, 0.1) is 5.92 Å². The van der Waals surface area contributed by atoms with Crippen molar-refractivity contribution >= 4 is 0 Å². The molecule has 1 aliphatic carbocycles. The van der Waals surface area contributed by atoms with Gasteiger partial charge in [-0.1, -0.05) is 20.3 Å². The summed E-state index contributed by atoms with van der Waals surface area (Å²) in [5.74, 6) is 0.363. The van der Waals surface area contributed by atoms with Crippen LogP contribution in [0.2, 0.25) is 0 Å². The number of aryl methyl sites for hydroxylation is 1. The van der Waals surface area contributed by atoms with E-state index in [-0.39, 0.29) is 6.10 Å². The maximum absolute atomic E-state index is 10.0. The highest BCUT2D eigenvalue weighted by atomic mass is 16.3. The highest BCUT2D eigenvalue weighted by Gasteiger charge is 2.18. The molecule has 16 heavy (non-hydrogen) atoms. The molecule has 1 aromatic heterocycles. The van der Waals surface area contributed by atoms with Gasteiger partial charge in [0, 0.05) is 5.69 Å². The molecule has 2 rings (SSSR count). The van der Waals surface area contributed by atoms with Crippen LogP contribution >= 0.6 is 0 Å². The molecule has 1 aliphatic rings. The molecule has 2 unspecified atom stereocenters. The van der Waals surface area contributed by atoms with Crippen molar-refractivity contribution in [2.24, 2.45) is 5.92 Å². The topological polar surface area (TPSA) is 38.0 Å². The van der Waals surface area contributed by atoms with Crippen molar-refractivity contribution in [2.45, 2.75) is 58.6 Å². The fraction of sp³-hybridized carbons (Fsp3) is 0.769. The zero-order valence-electron chi connectivity index (χ0n) is 10.3. The lowest BCUT2D eigenvalue weighted by molar-refractivity contribution is 0.0956. The summed E-state index contributed by atoms with van der Waals surface area (Å²) in [6.45, 7) is 4.93. The average Bonchev–Trinajstić information content (AvgIpc) is 2.72. The first-order valence-corrected chi connectivity index (χ1v) is 6.43. The van der Waals surface area contributed by atoms with Gasteiger partial charge in [0.2, 0.25) is 0 Å². The molecule has 0 spiro atoms. The highest BCUT2D eigenvalue weighted by molar-refractivity contribution is 5.16. The Balaban J connectivity index is 2.07. The fourth-order valence-electron chi connectivity index (χ4n) is 2.34. The Morgan fingerprint density at radius 2 is 2.19 bits per heavy atom. The van der Waals surface area contributed by atoms with Gasteiger partial charge >= 0.3 is 0 Å². The molecule has 0 saturated heterocycles. The Kier molecular flexibility index (Phi) is 3.64. The highest BCUT2D eigenvalue weighted by Crippen LogP contribution is 2.21. The molecular weight excluding hydrogens is 200 g/mol. The van der Waals surface area contributed by atoms with Gasteiger partial charge in [0.25, 0.3) is 0 Å². The molecule has 0 radical (unpaired) electrons. The lowest BCUT2D eigenvalue weighted by Crippen LogP contribution is -2.24. The largest absolute Gasteiger partial charge is 0.391 e. The first kappa shape index (κ1) is 11.6. The van der Waals surface area contributed by atoms with Crippen molar-refractivity contribution in [1.29, 1.82) is 0 Å². The molecule has 0 aliphatic heterocycles. The second-order valence-corrected chi connectivity index (χ2v) is 4.95. The zero-order chi connectivity index (χ0) is 11.5. The van der Waals surface area contributed by atoms with Crippen molar-refractivity contribution in [2.75, 3.05) is 0 Å². The molecule has 1 heterocycles. The number of fused-ring (bicyclic) bond motifs is 1. The number of nitrogens with zero attached hydrogens (tertiary/aromatic N) is 2. The normalized spacial score (nSPS) is 19.2. The number of aromatic nitrogens is 2. The van der Waals surface area contributed by atoms with Gasteiger partial charge in [-0.05, 0) is 31.6 Å². The first-order chi connectivity index (χ1) is 7.72. The standard InChI is InChI=1S/C13H22N2O/c1-3-10(2)13(16)8-15-9-14-11-6-4-5-7-12(11)15/h9-10,13,16H,3-8H2,1-2H3. The van der Waals surface area contributed by atoms with Crippen LogP contribution in [0.5, 0.6) is 0 Å². The van der Waals surface area contributed by atoms with Crippen LogP contribution in [0.4, 0.5) is 0 Å². The summed E-state index contributed by atoms with van der Waals surface area (Å²) in [5.41, 5.74) is 2.61. The second kappa shape index (κ2) is 5.00. The van der Waals surface area contributed by atoms with E-state index in [1.165, 1.54) is 24.2 Å². The number of imidazole rings is 1. The Morgan fingerprint density at radius 1 is 1.44 bits per heavy atom. The smallest absolute Gasteiger partial charge is 0.0952 e. The van der Waals surface area contributed by atoms with E-state index in [0.29, 0.717) is 12.5 Å². The third-order valence-corrected chi connectivity index (χ3v) is 3.79. The summed E-state index contributed by atoms with van der Waals surface area (Å²) in [5, 5.41) is 10.0. The Hall–Kier alpha value is -0.830. The van der Waals surface area contributed by atoms with E-state index in [4.69, 9.17) is 0 Å². The molecular formula is C13H22N2O. The van der Waals surface area contributed by atoms with Crippen LogP contribution in [0.3, 0.4) is 0 Å². The average molecular weight is 222 g/mol. The molecule has 0 aromatic carbocycles. The summed E-state index contributed by atoms with van der Waals surface area (Å²) in [6.07, 6.45) is 7.45. The van der Waals surface area contributed by atoms with Gasteiger partial charge in [0.15, 0.2) is 0 Å². The van der Waals surface area contributed by atoms with Crippen LogP contribution in [0.25, 0.3) is 0 Å². The fourth-order valence-corrected chi connectivity index (χ4v) is 2.34. The van der Waals surface area contributed by atoms with Crippen LogP contribution in [0.15, 0.2) is 6.33 Å². The van der Waals surface area contributed by atoms with Crippen molar-refractivity contribution in [3.05, 3.63) is 17.7 Å². The number of aliphatic hydroxyl groups is 1. The SMILES string of the molecule is CCC(C)C(O)Cn1cnc2c1CCCC2. The Morgan fingerprint density at radius 3 is 2.94 bits per heavy atom.